The highest BCUT2D eigenvalue weighted by atomic mass is 16.5. The number of hydrogen-bond donors (Lipinski definition) is 1. The summed E-state index contributed by atoms with van der Waals surface area (Å²) in [5.74, 6) is 1.19. The van der Waals surface area contributed by atoms with Crippen LogP contribution in [0.2, 0.25) is 0 Å². The number of benzene rings is 2. The van der Waals surface area contributed by atoms with E-state index in [1.54, 1.807) is 19.4 Å². The molecule has 1 heterocycles. The van der Waals surface area contributed by atoms with Crippen molar-refractivity contribution in [2.45, 2.75) is 45.6 Å². The zero-order valence-electron chi connectivity index (χ0n) is 17.9. The van der Waals surface area contributed by atoms with Crippen molar-refractivity contribution in [3.8, 4) is 16.9 Å². The smallest absolute Gasteiger partial charge is 0.244 e. The molecular weight excluding hydrogens is 374 g/mol. The van der Waals surface area contributed by atoms with E-state index in [0.717, 1.165) is 39.7 Å². The minimum absolute atomic E-state index is 0.0381. The Balaban J connectivity index is 1.66. The van der Waals surface area contributed by atoms with Crippen LogP contribution in [-0.2, 0) is 4.79 Å². The zero-order chi connectivity index (χ0) is 21.1. The van der Waals surface area contributed by atoms with Crippen molar-refractivity contribution in [1.29, 1.82) is 0 Å². The molecule has 4 heteroatoms. The molecule has 0 bridgehead atoms. The maximum absolute atomic E-state index is 12.7. The second-order valence-electron chi connectivity index (χ2n) is 8.27. The molecule has 1 amide bonds. The van der Waals surface area contributed by atoms with Crippen molar-refractivity contribution in [2.24, 2.45) is 5.92 Å². The molecule has 3 aromatic rings. The average Bonchev–Trinajstić information content (AvgIpc) is 3.18. The van der Waals surface area contributed by atoms with Crippen LogP contribution in [0.5, 0.6) is 5.75 Å². The van der Waals surface area contributed by atoms with E-state index in [9.17, 15) is 4.79 Å². The number of furan rings is 1. The fourth-order valence-electron chi connectivity index (χ4n) is 4.40. The first-order valence-electron chi connectivity index (χ1n) is 10.7. The molecule has 0 spiro atoms. The first-order valence-corrected chi connectivity index (χ1v) is 10.7. The van der Waals surface area contributed by atoms with E-state index in [0.29, 0.717) is 11.7 Å². The van der Waals surface area contributed by atoms with Crippen molar-refractivity contribution in [3.05, 3.63) is 60.4 Å². The van der Waals surface area contributed by atoms with E-state index in [-0.39, 0.29) is 11.9 Å². The van der Waals surface area contributed by atoms with Crippen LogP contribution in [0, 0.1) is 5.92 Å². The van der Waals surface area contributed by atoms with E-state index in [1.165, 1.54) is 19.3 Å². The first kappa shape index (κ1) is 20.3. The van der Waals surface area contributed by atoms with E-state index in [2.05, 4.69) is 30.4 Å². The minimum atomic E-state index is -0.0381. The third-order valence-electron chi connectivity index (χ3n) is 6.19. The Labute approximate surface area is 177 Å². The van der Waals surface area contributed by atoms with Gasteiger partial charge in [0, 0.05) is 34.7 Å². The maximum atomic E-state index is 12.7. The van der Waals surface area contributed by atoms with Gasteiger partial charge in [-0.15, -0.1) is 0 Å². The average molecular weight is 404 g/mol. The molecule has 4 rings (SSSR count). The van der Waals surface area contributed by atoms with Gasteiger partial charge in [-0.25, -0.2) is 0 Å². The summed E-state index contributed by atoms with van der Waals surface area (Å²) in [6.07, 6.45) is 8.15. The lowest BCUT2D eigenvalue weighted by Crippen LogP contribution is -2.40. The molecule has 0 radical (unpaired) electrons. The summed E-state index contributed by atoms with van der Waals surface area (Å²) in [6.45, 7) is 4.18. The van der Waals surface area contributed by atoms with Gasteiger partial charge in [0.15, 0.2) is 0 Å². The molecule has 0 aliphatic heterocycles. The van der Waals surface area contributed by atoms with Crippen molar-refractivity contribution >= 4 is 22.4 Å². The van der Waals surface area contributed by atoms with E-state index >= 15 is 0 Å². The zero-order valence-corrected chi connectivity index (χ0v) is 17.9. The van der Waals surface area contributed by atoms with Crippen LogP contribution in [0.15, 0.2) is 59.2 Å². The Hall–Kier alpha value is -3.01. The monoisotopic (exact) mass is 403 g/mol. The van der Waals surface area contributed by atoms with Crippen LogP contribution in [0.4, 0.5) is 0 Å². The molecule has 30 heavy (non-hydrogen) atoms. The summed E-state index contributed by atoms with van der Waals surface area (Å²) in [5, 5.41) is 4.21. The van der Waals surface area contributed by atoms with Crippen LogP contribution in [0.3, 0.4) is 0 Å². The van der Waals surface area contributed by atoms with Gasteiger partial charge in [0.25, 0.3) is 0 Å². The van der Waals surface area contributed by atoms with E-state index in [4.69, 9.17) is 9.15 Å². The molecular formula is C26H29NO3. The summed E-state index contributed by atoms with van der Waals surface area (Å²) in [5.41, 5.74) is 4.66. The van der Waals surface area contributed by atoms with Gasteiger partial charge in [-0.3, -0.25) is 4.79 Å². The summed E-state index contributed by atoms with van der Waals surface area (Å²) >= 11 is 0. The molecule has 2 aromatic carbocycles. The van der Waals surface area contributed by atoms with Gasteiger partial charge >= 0.3 is 0 Å². The number of rotatable bonds is 5. The van der Waals surface area contributed by atoms with Crippen LogP contribution in [-0.4, -0.2) is 19.1 Å². The van der Waals surface area contributed by atoms with E-state index in [1.807, 2.05) is 31.2 Å². The van der Waals surface area contributed by atoms with Crippen LogP contribution in [0.25, 0.3) is 27.7 Å². The highest BCUT2D eigenvalue weighted by Gasteiger charge is 2.22. The summed E-state index contributed by atoms with van der Waals surface area (Å²) < 4.78 is 11.4. The lowest BCUT2D eigenvalue weighted by molar-refractivity contribution is -0.117. The van der Waals surface area contributed by atoms with Gasteiger partial charge in [-0.1, -0.05) is 50.1 Å². The van der Waals surface area contributed by atoms with Gasteiger partial charge in [-0.05, 0) is 42.9 Å². The molecule has 0 saturated heterocycles. The van der Waals surface area contributed by atoms with E-state index < -0.39 is 0 Å². The number of carbonyl (C=O) groups excluding carboxylic acids is 1. The molecule has 1 aliphatic rings. The van der Waals surface area contributed by atoms with Crippen molar-refractivity contribution < 1.29 is 13.9 Å². The Morgan fingerprint density at radius 3 is 2.67 bits per heavy atom. The van der Waals surface area contributed by atoms with Crippen molar-refractivity contribution in [3.63, 3.8) is 0 Å². The highest BCUT2D eigenvalue weighted by Crippen LogP contribution is 2.37. The fraction of sp³-hybridized carbons (Fsp3) is 0.346. The number of methoxy groups -OCH3 is 1. The number of allylic oxidation sites excluding steroid dienone is 1. The number of amides is 1. The predicted octanol–water partition coefficient (Wildman–Crippen LogP) is 6.21. The molecule has 156 valence electrons. The molecule has 2 unspecified atom stereocenters. The predicted molar refractivity (Wildman–Crippen MR) is 121 cm³/mol. The first-order chi connectivity index (χ1) is 14.6. The molecule has 1 aliphatic carbocycles. The Bertz CT molecular complexity index is 1060. The molecule has 4 nitrogen and oxygen atoms in total. The van der Waals surface area contributed by atoms with Crippen LogP contribution in [0.1, 0.15) is 45.1 Å². The Morgan fingerprint density at radius 1 is 1.17 bits per heavy atom. The number of fused-ring (bicyclic) bond motifs is 1. The largest absolute Gasteiger partial charge is 0.496 e. The topological polar surface area (TPSA) is 51.5 Å². The second kappa shape index (κ2) is 8.78. The van der Waals surface area contributed by atoms with Crippen LogP contribution >= 0.6 is 0 Å². The Kier molecular flexibility index (Phi) is 5.93. The summed E-state index contributed by atoms with van der Waals surface area (Å²) in [4.78, 5) is 12.7. The van der Waals surface area contributed by atoms with Gasteiger partial charge < -0.3 is 14.5 Å². The van der Waals surface area contributed by atoms with Gasteiger partial charge in [0.05, 0.1) is 13.4 Å². The molecule has 1 N–H and O–H groups in total. The fourth-order valence-corrected chi connectivity index (χ4v) is 4.40. The lowest BCUT2D eigenvalue weighted by atomic mass is 9.86. The van der Waals surface area contributed by atoms with Gasteiger partial charge in [0.1, 0.15) is 11.3 Å². The van der Waals surface area contributed by atoms with Gasteiger partial charge in [-0.2, -0.15) is 0 Å². The summed E-state index contributed by atoms with van der Waals surface area (Å²) in [7, 11) is 1.64. The van der Waals surface area contributed by atoms with Crippen molar-refractivity contribution in [1.82, 2.24) is 5.32 Å². The molecule has 1 fully saturated rings. The number of carbonyl (C=O) groups is 1. The molecule has 1 saturated carbocycles. The highest BCUT2D eigenvalue weighted by molar-refractivity contribution is 6.00. The van der Waals surface area contributed by atoms with Crippen LogP contribution < -0.4 is 10.1 Å². The Morgan fingerprint density at radius 2 is 1.93 bits per heavy atom. The summed E-state index contributed by atoms with van der Waals surface area (Å²) in [6, 6.07) is 14.4. The minimum Gasteiger partial charge on any atom is -0.496 e. The SMILES string of the molecule is COc1cc2occ(-c3ccccc3)c2cc1/C(C)=C/C(=O)NC1CCCCC1C. The number of nitrogens with one attached hydrogen (secondary N) is 1. The molecule has 1 aromatic heterocycles. The number of hydrogen-bond acceptors (Lipinski definition) is 3. The quantitative estimate of drug-likeness (QED) is 0.516. The van der Waals surface area contributed by atoms with Gasteiger partial charge in [0.2, 0.25) is 5.91 Å². The van der Waals surface area contributed by atoms with Crippen molar-refractivity contribution in [2.75, 3.05) is 7.11 Å². The standard InChI is InChI=1S/C26H29NO3/c1-17-9-7-8-12-23(17)27-26(28)13-18(2)20-14-21-22(19-10-5-4-6-11-19)16-30-25(21)15-24(20)29-3/h4-6,10-11,13-17,23H,7-9,12H2,1-3H3,(H,27,28)/b18-13+. The lowest BCUT2D eigenvalue weighted by Gasteiger charge is -2.29. The number of ether oxygens (including phenoxy) is 1. The maximum Gasteiger partial charge on any atom is 0.244 e. The third kappa shape index (κ3) is 4.13. The molecule has 2 atom stereocenters. The second-order valence-corrected chi connectivity index (χ2v) is 8.27. The third-order valence-corrected chi connectivity index (χ3v) is 6.19. The normalized spacial score (nSPS) is 19.6.